The fraction of sp³-hybridized carbons (Fsp3) is 0.286. The molecule has 0 saturated carbocycles. The number of aromatic nitrogens is 1. The number of nitrogens with two attached hydrogens (primary N) is 1. The molecule has 1 heterocycles. The van der Waals surface area contributed by atoms with Gasteiger partial charge < -0.3 is 10.6 Å². The third-order valence-electron chi connectivity index (χ3n) is 3.13. The van der Waals surface area contributed by atoms with Crippen LogP contribution in [-0.2, 0) is 0 Å². The van der Waals surface area contributed by atoms with Crippen LogP contribution in [0.4, 0.5) is 10.1 Å². The average Bonchev–Trinajstić information content (AvgIpc) is 2.39. The Labute approximate surface area is 111 Å². The fourth-order valence-corrected chi connectivity index (χ4v) is 2.11. The van der Waals surface area contributed by atoms with E-state index in [1.54, 1.807) is 11.0 Å². The van der Waals surface area contributed by atoms with E-state index >= 15 is 0 Å². The third kappa shape index (κ3) is 2.36. The molecule has 5 heteroatoms. The van der Waals surface area contributed by atoms with E-state index in [9.17, 15) is 9.18 Å². The molecule has 4 nitrogen and oxygen atoms in total. The van der Waals surface area contributed by atoms with Gasteiger partial charge in [-0.25, -0.2) is 4.39 Å². The van der Waals surface area contributed by atoms with Crippen LogP contribution in [0.15, 0.2) is 24.4 Å². The lowest BCUT2D eigenvalue weighted by Crippen LogP contribution is -2.31. The highest BCUT2D eigenvalue weighted by molar-refractivity contribution is 6.07. The first-order valence-electron chi connectivity index (χ1n) is 6.21. The summed E-state index contributed by atoms with van der Waals surface area (Å²) in [5.41, 5.74) is 6.33. The molecule has 100 valence electrons. The molecule has 0 atom stereocenters. The third-order valence-corrected chi connectivity index (χ3v) is 3.13. The summed E-state index contributed by atoms with van der Waals surface area (Å²) in [5, 5.41) is 1.10. The summed E-state index contributed by atoms with van der Waals surface area (Å²) in [5.74, 6) is -0.674. The number of anilines is 1. The van der Waals surface area contributed by atoms with Gasteiger partial charge in [0.1, 0.15) is 11.5 Å². The van der Waals surface area contributed by atoms with Crippen LogP contribution in [0.25, 0.3) is 10.8 Å². The zero-order valence-corrected chi connectivity index (χ0v) is 11.0. The lowest BCUT2D eigenvalue weighted by atomic mass is 10.1. The SMILES string of the molecule is CCN(CC)C(=O)c1nccc2c(N)cc(F)cc12. The van der Waals surface area contributed by atoms with Crippen LogP contribution >= 0.6 is 0 Å². The number of halogens is 1. The van der Waals surface area contributed by atoms with Gasteiger partial charge in [-0.3, -0.25) is 9.78 Å². The van der Waals surface area contributed by atoms with Crippen molar-refractivity contribution in [2.45, 2.75) is 13.8 Å². The molecule has 0 saturated heterocycles. The van der Waals surface area contributed by atoms with Crippen LogP contribution in [0.5, 0.6) is 0 Å². The van der Waals surface area contributed by atoms with Crippen molar-refractivity contribution in [2.75, 3.05) is 18.8 Å². The van der Waals surface area contributed by atoms with Gasteiger partial charge in [0.25, 0.3) is 5.91 Å². The number of nitrogen functional groups attached to an aromatic ring is 1. The average molecular weight is 261 g/mol. The van der Waals surface area contributed by atoms with Crippen LogP contribution in [0.3, 0.4) is 0 Å². The Hall–Kier alpha value is -2.17. The number of carbonyl (C=O) groups excluding carboxylic acids is 1. The Morgan fingerprint density at radius 1 is 1.32 bits per heavy atom. The summed E-state index contributed by atoms with van der Waals surface area (Å²) in [6.45, 7) is 4.94. The number of amides is 1. The summed E-state index contributed by atoms with van der Waals surface area (Å²) < 4.78 is 13.5. The van der Waals surface area contributed by atoms with E-state index in [1.165, 1.54) is 18.3 Å². The monoisotopic (exact) mass is 261 g/mol. The van der Waals surface area contributed by atoms with Crippen LogP contribution in [0.1, 0.15) is 24.3 Å². The first-order chi connectivity index (χ1) is 9.08. The van der Waals surface area contributed by atoms with Gasteiger partial charge in [0.05, 0.1) is 0 Å². The zero-order valence-electron chi connectivity index (χ0n) is 11.0. The van der Waals surface area contributed by atoms with Crippen molar-refractivity contribution >= 4 is 22.4 Å². The number of rotatable bonds is 3. The molecule has 0 fully saturated rings. The number of hydrogen-bond donors (Lipinski definition) is 1. The smallest absolute Gasteiger partial charge is 0.273 e. The topological polar surface area (TPSA) is 59.2 Å². The summed E-state index contributed by atoms with van der Waals surface area (Å²) in [6, 6.07) is 4.23. The summed E-state index contributed by atoms with van der Waals surface area (Å²) in [4.78, 5) is 18.1. The number of benzene rings is 1. The van der Waals surface area contributed by atoms with Gasteiger partial charge in [-0.15, -0.1) is 0 Å². The molecule has 19 heavy (non-hydrogen) atoms. The van der Waals surface area contributed by atoms with Crippen molar-refractivity contribution in [2.24, 2.45) is 0 Å². The maximum absolute atomic E-state index is 13.5. The number of carbonyl (C=O) groups is 1. The molecule has 2 rings (SSSR count). The number of fused-ring (bicyclic) bond motifs is 1. The minimum absolute atomic E-state index is 0.208. The van der Waals surface area contributed by atoms with Crippen molar-refractivity contribution in [3.8, 4) is 0 Å². The molecule has 0 radical (unpaired) electrons. The Kier molecular flexibility index (Phi) is 3.64. The molecular formula is C14H16FN3O. The Morgan fingerprint density at radius 2 is 2.00 bits per heavy atom. The molecule has 0 aliphatic carbocycles. The first kappa shape index (κ1) is 13.3. The van der Waals surface area contributed by atoms with Gasteiger partial charge in [0.2, 0.25) is 0 Å². The Morgan fingerprint density at radius 3 is 2.63 bits per heavy atom. The Bertz CT molecular complexity index is 623. The van der Waals surface area contributed by atoms with E-state index < -0.39 is 5.82 Å². The van der Waals surface area contributed by atoms with Crippen molar-refractivity contribution in [1.29, 1.82) is 0 Å². The van der Waals surface area contributed by atoms with E-state index in [4.69, 9.17) is 5.73 Å². The molecule has 2 N–H and O–H groups in total. The maximum atomic E-state index is 13.5. The van der Waals surface area contributed by atoms with E-state index in [2.05, 4.69) is 4.98 Å². The van der Waals surface area contributed by atoms with Crippen LogP contribution in [0.2, 0.25) is 0 Å². The number of pyridine rings is 1. The van der Waals surface area contributed by atoms with Crippen molar-refractivity contribution in [1.82, 2.24) is 9.88 Å². The molecular weight excluding hydrogens is 245 g/mol. The molecule has 0 spiro atoms. The quantitative estimate of drug-likeness (QED) is 0.863. The lowest BCUT2D eigenvalue weighted by Gasteiger charge is -2.19. The van der Waals surface area contributed by atoms with E-state index in [0.29, 0.717) is 29.5 Å². The molecule has 0 aliphatic rings. The largest absolute Gasteiger partial charge is 0.398 e. The van der Waals surface area contributed by atoms with Gasteiger partial charge >= 0.3 is 0 Å². The Balaban J connectivity index is 2.64. The highest BCUT2D eigenvalue weighted by Crippen LogP contribution is 2.25. The van der Waals surface area contributed by atoms with Crippen molar-refractivity contribution < 1.29 is 9.18 Å². The van der Waals surface area contributed by atoms with Crippen LogP contribution in [0, 0.1) is 5.82 Å². The predicted octanol–water partition coefficient (Wildman–Crippen LogP) is 2.44. The van der Waals surface area contributed by atoms with Gasteiger partial charge in [0, 0.05) is 35.7 Å². The van der Waals surface area contributed by atoms with Crippen LogP contribution in [-0.4, -0.2) is 28.9 Å². The fourth-order valence-electron chi connectivity index (χ4n) is 2.11. The lowest BCUT2D eigenvalue weighted by molar-refractivity contribution is 0.0769. The van der Waals surface area contributed by atoms with Crippen molar-refractivity contribution in [3.05, 3.63) is 35.9 Å². The highest BCUT2D eigenvalue weighted by atomic mass is 19.1. The molecule has 1 aromatic heterocycles. The van der Waals surface area contributed by atoms with Crippen molar-refractivity contribution in [3.63, 3.8) is 0 Å². The molecule has 2 aromatic rings. The summed E-state index contributed by atoms with van der Waals surface area (Å²) in [7, 11) is 0. The minimum Gasteiger partial charge on any atom is -0.398 e. The maximum Gasteiger partial charge on any atom is 0.273 e. The van der Waals surface area contributed by atoms with E-state index in [0.717, 1.165) is 0 Å². The summed E-state index contributed by atoms with van der Waals surface area (Å²) in [6.07, 6.45) is 1.52. The van der Waals surface area contributed by atoms with Gasteiger partial charge in [-0.2, -0.15) is 0 Å². The van der Waals surface area contributed by atoms with Gasteiger partial charge in [-0.05, 0) is 32.0 Å². The zero-order chi connectivity index (χ0) is 14.0. The molecule has 0 unspecified atom stereocenters. The number of nitrogens with zero attached hydrogens (tertiary/aromatic N) is 2. The van der Waals surface area contributed by atoms with Crippen LogP contribution < -0.4 is 5.73 Å². The standard InChI is InChI=1S/C14H16FN3O/c1-3-18(4-2)14(19)13-11-7-9(15)8-12(16)10(11)5-6-17-13/h5-8H,3-4,16H2,1-2H3. The second-order valence-corrected chi connectivity index (χ2v) is 4.23. The molecule has 1 amide bonds. The first-order valence-corrected chi connectivity index (χ1v) is 6.21. The highest BCUT2D eigenvalue weighted by Gasteiger charge is 2.18. The van der Waals surface area contributed by atoms with E-state index in [1.807, 2.05) is 13.8 Å². The second-order valence-electron chi connectivity index (χ2n) is 4.23. The molecule has 0 bridgehead atoms. The molecule has 1 aromatic carbocycles. The normalized spacial score (nSPS) is 10.7. The van der Waals surface area contributed by atoms with Gasteiger partial charge in [-0.1, -0.05) is 0 Å². The number of hydrogen-bond acceptors (Lipinski definition) is 3. The molecule has 0 aliphatic heterocycles. The second kappa shape index (κ2) is 5.22. The van der Waals surface area contributed by atoms with Gasteiger partial charge in [0.15, 0.2) is 0 Å². The summed E-state index contributed by atoms with van der Waals surface area (Å²) >= 11 is 0. The minimum atomic E-state index is -0.466. The predicted molar refractivity (Wildman–Crippen MR) is 73.4 cm³/mol. The van der Waals surface area contributed by atoms with E-state index in [-0.39, 0.29) is 11.6 Å².